The van der Waals surface area contributed by atoms with E-state index < -0.39 is 26.6 Å². The van der Waals surface area contributed by atoms with Crippen LogP contribution >= 0.6 is 7.82 Å². The summed E-state index contributed by atoms with van der Waals surface area (Å²) in [7, 11) is 1.19. The lowest BCUT2D eigenvalue weighted by Gasteiger charge is -2.30. The Balaban J connectivity index is 5.04. The van der Waals surface area contributed by atoms with Gasteiger partial charge in [0.25, 0.3) is 7.82 Å². The maximum atomic E-state index is 13.6. The van der Waals surface area contributed by atoms with Crippen LogP contribution in [0.15, 0.2) is 85.1 Å². The summed E-state index contributed by atoms with van der Waals surface area (Å²) < 4.78 is 30.5. The van der Waals surface area contributed by atoms with Gasteiger partial charge in [-0.1, -0.05) is 324 Å². The van der Waals surface area contributed by atoms with Gasteiger partial charge in [-0.2, -0.15) is 0 Å². The molecular formula is C79H145N2O7P. The van der Waals surface area contributed by atoms with Gasteiger partial charge >= 0.3 is 5.97 Å². The van der Waals surface area contributed by atoms with E-state index in [4.69, 9.17) is 13.8 Å². The van der Waals surface area contributed by atoms with Crippen molar-refractivity contribution in [2.45, 2.75) is 367 Å². The lowest BCUT2D eigenvalue weighted by atomic mass is 10.0. The van der Waals surface area contributed by atoms with E-state index in [1.807, 2.05) is 33.3 Å². The van der Waals surface area contributed by atoms with E-state index >= 15 is 0 Å². The second kappa shape index (κ2) is 68.1. The first-order valence-corrected chi connectivity index (χ1v) is 39.4. The first kappa shape index (κ1) is 86.2. The number of likely N-dealkylation sites (N-methyl/N-ethyl adjacent to an activating group) is 1. The molecule has 0 aliphatic rings. The molecule has 0 heterocycles. The molecule has 1 amide bonds. The van der Waals surface area contributed by atoms with E-state index in [1.54, 1.807) is 0 Å². The molecule has 3 unspecified atom stereocenters. The number of unbranched alkanes of at least 4 members (excludes halogenated alkanes) is 41. The molecule has 0 aromatic heterocycles. The summed E-state index contributed by atoms with van der Waals surface area (Å²) in [4.78, 5) is 40.3. The van der Waals surface area contributed by atoms with Gasteiger partial charge in [0.2, 0.25) is 5.91 Å². The molecule has 0 aliphatic carbocycles. The molecular weight excluding hydrogens is 1120 g/mol. The quantitative estimate of drug-likeness (QED) is 0.0212. The number of quaternary nitrogens is 1. The van der Waals surface area contributed by atoms with Gasteiger partial charge < -0.3 is 28.5 Å². The summed E-state index contributed by atoms with van der Waals surface area (Å²) in [6.07, 6.45) is 91.4. The van der Waals surface area contributed by atoms with Crippen molar-refractivity contribution in [1.82, 2.24) is 5.32 Å². The van der Waals surface area contributed by atoms with Gasteiger partial charge in [-0.05, 0) is 102 Å². The zero-order chi connectivity index (χ0) is 64.9. The lowest BCUT2D eigenvalue weighted by Crippen LogP contribution is -2.47. The van der Waals surface area contributed by atoms with Crippen molar-refractivity contribution in [2.24, 2.45) is 0 Å². The van der Waals surface area contributed by atoms with Crippen LogP contribution in [-0.4, -0.2) is 69.4 Å². The average Bonchev–Trinajstić information content (AvgIpc) is 3.54. The minimum Gasteiger partial charge on any atom is -0.756 e. The molecule has 0 rings (SSSR count). The van der Waals surface area contributed by atoms with Crippen LogP contribution in [0.2, 0.25) is 0 Å². The summed E-state index contributed by atoms with van der Waals surface area (Å²) in [6, 6.07) is -0.895. The molecule has 1 N–H and O–H groups in total. The second-order valence-electron chi connectivity index (χ2n) is 26.8. The van der Waals surface area contributed by atoms with Gasteiger partial charge in [0.15, 0.2) is 0 Å². The highest BCUT2D eigenvalue weighted by molar-refractivity contribution is 7.45. The number of hydrogen-bond acceptors (Lipinski definition) is 7. The van der Waals surface area contributed by atoms with Gasteiger partial charge in [-0.15, -0.1) is 0 Å². The number of hydrogen-bond donors (Lipinski definition) is 1. The number of amides is 1. The van der Waals surface area contributed by atoms with Crippen LogP contribution in [0.25, 0.3) is 0 Å². The SMILES string of the molecule is CC/C=C\C/C=C\C/C=C\C/C=C\C/C=C\CCCCCCCCCCCC(=O)OC(/C=C/CCCCCCCCCCCCC)C(COP(=O)([O-])OCC[N+](C)(C)C)NC(=O)CCCCCCCCCCCCCCCCC/C=C/CCCCCCCC. The lowest BCUT2D eigenvalue weighted by molar-refractivity contribution is -0.870. The predicted molar refractivity (Wildman–Crippen MR) is 385 cm³/mol. The molecule has 89 heavy (non-hydrogen) atoms. The maximum absolute atomic E-state index is 13.6. The number of phosphoric ester groups is 1. The van der Waals surface area contributed by atoms with Crippen LogP contribution in [0, 0.1) is 0 Å². The van der Waals surface area contributed by atoms with Gasteiger partial charge in [-0.25, -0.2) is 0 Å². The van der Waals surface area contributed by atoms with Gasteiger partial charge in [0.1, 0.15) is 19.3 Å². The second-order valence-corrected chi connectivity index (χ2v) is 28.2. The summed E-state index contributed by atoms with van der Waals surface area (Å²) in [5.74, 6) is -0.536. The molecule has 0 aromatic rings. The zero-order valence-corrected chi connectivity index (χ0v) is 60.3. The van der Waals surface area contributed by atoms with Gasteiger partial charge in [-0.3, -0.25) is 14.2 Å². The Kier molecular flexibility index (Phi) is 65.9. The van der Waals surface area contributed by atoms with Crippen molar-refractivity contribution >= 4 is 19.7 Å². The van der Waals surface area contributed by atoms with Crippen molar-refractivity contribution in [3.05, 3.63) is 85.1 Å². The highest BCUT2D eigenvalue weighted by atomic mass is 31.2. The number of phosphoric acid groups is 1. The molecule has 0 aliphatic heterocycles. The van der Waals surface area contributed by atoms with Crippen molar-refractivity contribution in [2.75, 3.05) is 40.9 Å². The molecule has 0 fully saturated rings. The van der Waals surface area contributed by atoms with E-state index in [9.17, 15) is 19.0 Å². The first-order valence-electron chi connectivity index (χ1n) is 37.9. The molecule has 0 radical (unpaired) electrons. The van der Waals surface area contributed by atoms with E-state index in [0.717, 1.165) is 103 Å². The molecule has 0 saturated heterocycles. The Bertz CT molecular complexity index is 1800. The van der Waals surface area contributed by atoms with Gasteiger partial charge in [0, 0.05) is 12.8 Å². The summed E-state index contributed by atoms with van der Waals surface area (Å²) in [5.41, 5.74) is 0. The Morgan fingerprint density at radius 3 is 1.09 bits per heavy atom. The molecule has 0 aromatic carbocycles. The molecule has 0 saturated carbocycles. The molecule has 9 nitrogen and oxygen atoms in total. The summed E-state index contributed by atoms with van der Waals surface area (Å²) in [5, 5.41) is 3.05. The van der Waals surface area contributed by atoms with E-state index in [1.165, 1.54) is 218 Å². The van der Waals surface area contributed by atoms with Gasteiger partial charge in [0.05, 0.1) is 33.8 Å². The first-order chi connectivity index (χ1) is 43.4. The third-order valence-corrected chi connectivity index (χ3v) is 17.8. The van der Waals surface area contributed by atoms with E-state index in [-0.39, 0.29) is 24.9 Å². The van der Waals surface area contributed by atoms with E-state index in [0.29, 0.717) is 17.4 Å². The average molecular weight is 1270 g/mol. The predicted octanol–water partition coefficient (Wildman–Crippen LogP) is 23.8. The van der Waals surface area contributed by atoms with Crippen LogP contribution in [0.5, 0.6) is 0 Å². The third-order valence-electron chi connectivity index (χ3n) is 16.8. The van der Waals surface area contributed by atoms with E-state index in [2.05, 4.69) is 99.0 Å². The monoisotopic (exact) mass is 1270 g/mol. The molecule has 0 spiro atoms. The van der Waals surface area contributed by atoms with Crippen molar-refractivity contribution in [1.29, 1.82) is 0 Å². The topological polar surface area (TPSA) is 114 Å². The number of allylic oxidation sites excluding steroid dienone is 13. The number of nitrogens with one attached hydrogen (secondary N) is 1. The number of nitrogens with zero attached hydrogens (tertiary/aromatic N) is 1. The molecule has 3 atom stereocenters. The fourth-order valence-electron chi connectivity index (χ4n) is 11.0. The van der Waals surface area contributed by atoms with Crippen LogP contribution in [-0.2, 0) is 27.9 Å². The fourth-order valence-corrected chi connectivity index (χ4v) is 11.7. The number of rotatable bonds is 69. The largest absolute Gasteiger partial charge is 0.756 e. The zero-order valence-electron chi connectivity index (χ0n) is 59.4. The highest BCUT2D eigenvalue weighted by Crippen LogP contribution is 2.38. The third kappa shape index (κ3) is 69.4. The van der Waals surface area contributed by atoms with Crippen LogP contribution in [0.3, 0.4) is 0 Å². The number of ether oxygens (including phenoxy) is 1. The normalized spacial score (nSPS) is 13.9. The number of carbonyl (C=O) groups is 2. The fraction of sp³-hybridized carbons (Fsp3) is 0.797. The summed E-state index contributed by atoms with van der Waals surface area (Å²) in [6.45, 7) is 6.77. The maximum Gasteiger partial charge on any atom is 0.306 e. The number of carbonyl (C=O) groups excluding carboxylic acids is 2. The minimum atomic E-state index is -4.71. The molecule has 0 bridgehead atoms. The molecule has 10 heteroatoms. The Morgan fingerprint density at radius 2 is 0.719 bits per heavy atom. The van der Waals surface area contributed by atoms with Crippen molar-refractivity contribution in [3.8, 4) is 0 Å². The minimum absolute atomic E-state index is 0.0246. The van der Waals surface area contributed by atoms with Crippen LogP contribution in [0.4, 0.5) is 0 Å². The number of esters is 1. The Morgan fingerprint density at radius 1 is 0.404 bits per heavy atom. The summed E-state index contributed by atoms with van der Waals surface area (Å²) >= 11 is 0. The smallest absolute Gasteiger partial charge is 0.306 e. The van der Waals surface area contributed by atoms with Crippen molar-refractivity contribution < 1.29 is 37.3 Å². The van der Waals surface area contributed by atoms with Crippen LogP contribution in [0.1, 0.15) is 355 Å². The van der Waals surface area contributed by atoms with Crippen molar-refractivity contribution in [3.63, 3.8) is 0 Å². The Hall–Kier alpha value is -2.81. The van der Waals surface area contributed by atoms with Crippen LogP contribution < -0.4 is 10.2 Å². The highest BCUT2D eigenvalue weighted by Gasteiger charge is 2.27. The standard InChI is InChI=1S/C79H145N2O7P/c1-7-10-13-16-19-22-25-28-30-32-34-36-38-40-42-44-46-48-50-53-56-59-62-65-68-71-78(82)80-76(75-87-89(84,85)86-74-73-81(4,5)6)77(70-67-64-61-58-55-52-27-24-21-18-15-12-9-3)88-79(83)72-69-66-63-60-57-54-51-49-47-45-43-41-39-37-35-33-31-29-26-23-20-17-14-11-8-2/h11,14,20,23,28-31,35,37,41,43,67,70,76-77H,7-10,12-13,15-19,21-22,24-27,32-34,36,38-40,42,44-66,68-69,71-75H2,1-6H3,(H-,80,82,84,85)/b14-11-,23-20-,30-28+,31-29-,37-35-,43-41-,70-67+. The molecule has 518 valence electrons. The Labute approximate surface area is 552 Å².